The maximum atomic E-state index is 12.5. The Hall–Kier alpha value is -1.75. The summed E-state index contributed by atoms with van der Waals surface area (Å²) < 4.78 is 11.1. The van der Waals surface area contributed by atoms with Gasteiger partial charge in [-0.25, -0.2) is 0 Å². The zero-order chi connectivity index (χ0) is 16.4. The van der Waals surface area contributed by atoms with Crippen LogP contribution in [0.25, 0.3) is 0 Å². The van der Waals surface area contributed by atoms with Crippen LogP contribution in [0.15, 0.2) is 18.2 Å². The molecule has 3 rings (SSSR count). The van der Waals surface area contributed by atoms with Gasteiger partial charge < -0.3 is 20.1 Å². The molecule has 1 aromatic rings. The molecule has 1 unspecified atom stereocenters. The fraction of sp³-hybridized carbons (Fsp3) is 0.611. The van der Waals surface area contributed by atoms with Crippen molar-refractivity contribution in [2.24, 2.45) is 11.1 Å². The predicted molar refractivity (Wildman–Crippen MR) is 88.7 cm³/mol. The Kier molecular flexibility index (Phi) is 4.48. The van der Waals surface area contributed by atoms with E-state index in [2.05, 4.69) is 13.8 Å². The van der Waals surface area contributed by atoms with E-state index >= 15 is 0 Å². The number of benzene rings is 1. The summed E-state index contributed by atoms with van der Waals surface area (Å²) in [5.74, 6) is 1.78. The number of hydrogen-bond donors (Lipinski definition) is 1. The molecule has 2 aliphatic heterocycles. The first kappa shape index (κ1) is 16.1. The second-order valence-electron chi connectivity index (χ2n) is 7.18. The van der Waals surface area contributed by atoms with E-state index in [1.165, 1.54) is 0 Å². The molecule has 2 heterocycles. The molecule has 5 heteroatoms. The summed E-state index contributed by atoms with van der Waals surface area (Å²) in [6.45, 7) is 6.96. The molecule has 23 heavy (non-hydrogen) atoms. The Morgan fingerprint density at radius 3 is 2.78 bits per heavy atom. The third-order valence-electron chi connectivity index (χ3n) is 4.90. The maximum absolute atomic E-state index is 12.5. The minimum atomic E-state index is -0.00902. The summed E-state index contributed by atoms with van der Waals surface area (Å²) in [5.41, 5.74) is 7.24. The molecule has 1 fully saturated rings. The molecule has 1 atom stereocenters. The number of carbonyl (C=O) groups is 1. The van der Waals surface area contributed by atoms with E-state index in [0.717, 1.165) is 43.0 Å². The van der Waals surface area contributed by atoms with Crippen LogP contribution in [0.2, 0.25) is 0 Å². The largest absolute Gasteiger partial charge is 0.486 e. The smallest absolute Gasteiger partial charge is 0.222 e. The standard InChI is InChI=1S/C18H26N2O3/c1-18(2)12-20(8-7-16(18)19)17(21)6-4-13-3-5-14-15(11-13)23-10-9-22-14/h3,5,11,16H,4,6-10,12,19H2,1-2H3. The summed E-state index contributed by atoms with van der Waals surface area (Å²) in [7, 11) is 0. The van der Waals surface area contributed by atoms with Gasteiger partial charge in [0.1, 0.15) is 13.2 Å². The molecule has 0 aromatic heterocycles. The molecule has 0 radical (unpaired) electrons. The summed E-state index contributed by atoms with van der Waals surface area (Å²) >= 11 is 0. The summed E-state index contributed by atoms with van der Waals surface area (Å²) in [6.07, 6.45) is 2.12. The molecule has 2 N–H and O–H groups in total. The summed E-state index contributed by atoms with van der Waals surface area (Å²) in [6, 6.07) is 6.09. The van der Waals surface area contributed by atoms with Crippen molar-refractivity contribution in [2.45, 2.75) is 39.2 Å². The van der Waals surface area contributed by atoms with Crippen LogP contribution < -0.4 is 15.2 Å². The van der Waals surface area contributed by atoms with Gasteiger partial charge >= 0.3 is 0 Å². The van der Waals surface area contributed by atoms with E-state index in [0.29, 0.717) is 19.6 Å². The van der Waals surface area contributed by atoms with Crippen molar-refractivity contribution in [3.63, 3.8) is 0 Å². The lowest BCUT2D eigenvalue weighted by Gasteiger charge is -2.42. The highest BCUT2D eigenvalue weighted by Gasteiger charge is 2.35. The first-order chi connectivity index (χ1) is 11.0. The van der Waals surface area contributed by atoms with Gasteiger partial charge in [-0.05, 0) is 36.0 Å². The van der Waals surface area contributed by atoms with Crippen LogP contribution in [-0.2, 0) is 11.2 Å². The van der Waals surface area contributed by atoms with Crippen LogP contribution >= 0.6 is 0 Å². The molecule has 5 nitrogen and oxygen atoms in total. The zero-order valence-electron chi connectivity index (χ0n) is 14.0. The predicted octanol–water partition coefficient (Wildman–Crippen LogP) is 1.98. The number of nitrogens with two attached hydrogens (primary N) is 1. The highest BCUT2D eigenvalue weighted by atomic mass is 16.6. The van der Waals surface area contributed by atoms with Gasteiger partial charge in [-0.15, -0.1) is 0 Å². The number of nitrogens with zero attached hydrogens (tertiary/aromatic N) is 1. The molecule has 0 bridgehead atoms. The molecule has 0 spiro atoms. The van der Waals surface area contributed by atoms with Crippen LogP contribution in [0.5, 0.6) is 11.5 Å². The maximum Gasteiger partial charge on any atom is 0.222 e. The van der Waals surface area contributed by atoms with Crippen molar-refractivity contribution in [3.8, 4) is 11.5 Å². The molecule has 0 aliphatic carbocycles. The number of rotatable bonds is 3. The first-order valence-electron chi connectivity index (χ1n) is 8.37. The van der Waals surface area contributed by atoms with Gasteiger partial charge in [0.05, 0.1) is 0 Å². The number of hydrogen-bond acceptors (Lipinski definition) is 4. The molecular formula is C18H26N2O3. The zero-order valence-corrected chi connectivity index (χ0v) is 14.0. The monoisotopic (exact) mass is 318 g/mol. The SMILES string of the molecule is CC1(C)CN(C(=O)CCc2ccc3c(c2)OCCO3)CCC1N. The van der Waals surface area contributed by atoms with E-state index in [1.54, 1.807) is 0 Å². The Balaban J connectivity index is 1.57. The van der Waals surface area contributed by atoms with Gasteiger partial charge in [-0.3, -0.25) is 4.79 Å². The fourth-order valence-electron chi connectivity index (χ4n) is 3.24. The number of aryl methyl sites for hydroxylation is 1. The lowest BCUT2D eigenvalue weighted by molar-refractivity contribution is -0.134. The molecule has 1 saturated heterocycles. The topological polar surface area (TPSA) is 64.8 Å². The fourth-order valence-corrected chi connectivity index (χ4v) is 3.24. The average Bonchev–Trinajstić information content (AvgIpc) is 2.55. The molecular weight excluding hydrogens is 292 g/mol. The Morgan fingerprint density at radius 1 is 1.30 bits per heavy atom. The van der Waals surface area contributed by atoms with Crippen molar-refractivity contribution in [3.05, 3.63) is 23.8 Å². The summed E-state index contributed by atoms with van der Waals surface area (Å²) in [5, 5.41) is 0. The number of likely N-dealkylation sites (tertiary alicyclic amines) is 1. The molecule has 2 aliphatic rings. The normalized spacial score (nSPS) is 22.7. The van der Waals surface area contributed by atoms with Crippen molar-refractivity contribution in [1.29, 1.82) is 0 Å². The molecule has 0 saturated carbocycles. The van der Waals surface area contributed by atoms with Gasteiger partial charge in [0.25, 0.3) is 0 Å². The Bertz CT molecular complexity index is 586. The third-order valence-corrected chi connectivity index (χ3v) is 4.90. The van der Waals surface area contributed by atoms with E-state index in [1.807, 2.05) is 23.1 Å². The van der Waals surface area contributed by atoms with Gasteiger partial charge in [0.15, 0.2) is 11.5 Å². The number of carbonyl (C=O) groups excluding carboxylic acids is 1. The summed E-state index contributed by atoms with van der Waals surface area (Å²) in [4.78, 5) is 14.4. The average molecular weight is 318 g/mol. The van der Waals surface area contributed by atoms with Crippen LogP contribution in [0.3, 0.4) is 0 Å². The van der Waals surface area contributed by atoms with Gasteiger partial charge in [-0.2, -0.15) is 0 Å². The van der Waals surface area contributed by atoms with Crippen LogP contribution in [0.4, 0.5) is 0 Å². The molecule has 1 amide bonds. The minimum Gasteiger partial charge on any atom is -0.486 e. The minimum absolute atomic E-state index is 0.00902. The second-order valence-corrected chi connectivity index (χ2v) is 7.18. The van der Waals surface area contributed by atoms with E-state index in [9.17, 15) is 4.79 Å². The van der Waals surface area contributed by atoms with Gasteiger partial charge in [0.2, 0.25) is 5.91 Å². The number of piperidine rings is 1. The van der Waals surface area contributed by atoms with Crippen molar-refractivity contribution < 1.29 is 14.3 Å². The highest BCUT2D eigenvalue weighted by molar-refractivity contribution is 5.76. The van der Waals surface area contributed by atoms with Crippen molar-refractivity contribution in [2.75, 3.05) is 26.3 Å². The molecule has 1 aromatic carbocycles. The second kappa shape index (κ2) is 6.40. The lowest BCUT2D eigenvalue weighted by atomic mass is 9.79. The number of fused-ring (bicyclic) bond motifs is 1. The van der Waals surface area contributed by atoms with Crippen molar-refractivity contribution in [1.82, 2.24) is 4.90 Å². The van der Waals surface area contributed by atoms with E-state index < -0.39 is 0 Å². The third kappa shape index (κ3) is 3.61. The Morgan fingerprint density at radius 2 is 2.04 bits per heavy atom. The van der Waals surface area contributed by atoms with Crippen LogP contribution in [-0.4, -0.2) is 43.2 Å². The highest BCUT2D eigenvalue weighted by Crippen LogP contribution is 2.31. The van der Waals surface area contributed by atoms with Gasteiger partial charge in [0, 0.05) is 25.6 Å². The van der Waals surface area contributed by atoms with E-state index in [4.69, 9.17) is 15.2 Å². The Labute approximate surface area is 137 Å². The first-order valence-corrected chi connectivity index (χ1v) is 8.37. The van der Waals surface area contributed by atoms with Gasteiger partial charge in [-0.1, -0.05) is 19.9 Å². The molecule has 126 valence electrons. The van der Waals surface area contributed by atoms with Crippen LogP contribution in [0.1, 0.15) is 32.3 Å². The quantitative estimate of drug-likeness (QED) is 0.925. The van der Waals surface area contributed by atoms with Crippen LogP contribution in [0, 0.1) is 5.41 Å². The van der Waals surface area contributed by atoms with E-state index in [-0.39, 0.29) is 17.4 Å². The lowest BCUT2D eigenvalue weighted by Crippen LogP contribution is -2.54. The number of ether oxygens (including phenoxy) is 2. The number of amides is 1. The van der Waals surface area contributed by atoms with Crippen molar-refractivity contribution >= 4 is 5.91 Å².